The van der Waals surface area contributed by atoms with Crippen LogP contribution in [-0.4, -0.2) is 46.0 Å². The van der Waals surface area contributed by atoms with E-state index in [-0.39, 0.29) is 24.4 Å². The Morgan fingerprint density at radius 3 is 2.41 bits per heavy atom. The van der Waals surface area contributed by atoms with Crippen molar-refractivity contribution >= 4 is 29.4 Å². The molecule has 0 aliphatic heterocycles. The largest absolute Gasteiger partial charge is 0.497 e. The molecule has 7 nitrogen and oxygen atoms in total. The molecule has 5 rings (SSSR count). The lowest BCUT2D eigenvalue weighted by molar-refractivity contribution is -0.117. The number of methoxy groups -OCH3 is 1. The Morgan fingerprint density at radius 2 is 1.76 bits per heavy atom. The van der Waals surface area contributed by atoms with Crippen LogP contribution < -0.4 is 10.1 Å². The minimum atomic E-state index is -0.308. The van der Waals surface area contributed by atoms with Crippen LogP contribution in [0, 0.1) is 6.92 Å². The van der Waals surface area contributed by atoms with Crippen molar-refractivity contribution in [1.82, 2.24) is 14.5 Å². The monoisotopic (exact) mass is 514 g/mol. The van der Waals surface area contributed by atoms with Crippen LogP contribution >= 0.6 is 11.6 Å². The van der Waals surface area contributed by atoms with E-state index in [1.54, 1.807) is 30.2 Å². The predicted octanol–water partition coefficient (Wildman–Crippen LogP) is 5.75. The number of ether oxygens (including phenoxy) is 1. The average Bonchev–Trinajstić information content (AvgIpc) is 3.67. The number of carbonyl (C=O) groups excluding carboxylic acids is 2. The second kappa shape index (κ2) is 10.5. The Kier molecular flexibility index (Phi) is 6.97. The standard InChI is InChI=1S/C29H27ClN4O3/c1-19-5-3-4-6-25(19)28(36)33(22-11-12-22)18-27(35)32-29-31-26(20-7-9-21(30)10-8-20)17-34(29)23-13-15-24(37-2)16-14-23/h3-10,13-17,22H,11-12,18H2,1-2H3,(H,31,32,35). The van der Waals surface area contributed by atoms with Crippen LogP contribution in [0.3, 0.4) is 0 Å². The van der Waals surface area contributed by atoms with E-state index in [1.807, 2.05) is 72.3 Å². The highest BCUT2D eigenvalue weighted by Crippen LogP contribution is 2.30. The van der Waals surface area contributed by atoms with Crippen LogP contribution in [0.25, 0.3) is 16.9 Å². The van der Waals surface area contributed by atoms with Crippen molar-refractivity contribution in [2.45, 2.75) is 25.8 Å². The molecule has 0 unspecified atom stereocenters. The number of amides is 2. The van der Waals surface area contributed by atoms with Gasteiger partial charge in [0.1, 0.15) is 12.3 Å². The zero-order chi connectivity index (χ0) is 25.9. The second-order valence-electron chi connectivity index (χ2n) is 9.05. The third kappa shape index (κ3) is 5.52. The van der Waals surface area contributed by atoms with Gasteiger partial charge in [-0.1, -0.05) is 41.9 Å². The van der Waals surface area contributed by atoms with Crippen LogP contribution in [-0.2, 0) is 4.79 Å². The van der Waals surface area contributed by atoms with Crippen molar-refractivity contribution in [3.8, 4) is 22.7 Å². The van der Waals surface area contributed by atoms with Gasteiger partial charge in [0.25, 0.3) is 5.91 Å². The summed E-state index contributed by atoms with van der Waals surface area (Å²) in [5.41, 5.74) is 3.85. The molecule has 2 amide bonds. The predicted molar refractivity (Wildman–Crippen MR) is 144 cm³/mol. The maximum absolute atomic E-state index is 13.3. The molecule has 1 fully saturated rings. The summed E-state index contributed by atoms with van der Waals surface area (Å²) in [7, 11) is 1.61. The first kappa shape index (κ1) is 24.6. The molecule has 8 heteroatoms. The highest BCUT2D eigenvalue weighted by Gasteiger charge is 2.35. The van der Waals surface area contributed by atoms with Crippen molar-refractivity contribution < 1.29 is 14.3 Å². The molecule has 0 atom stereocenters. The van der Waals surface area contributed by atoms with Crippen molar-refractivity contribution in [2.24, 2.45) is 0 Å². The van der Waals surface area contributed by atoms with Gasteiger partial charge in [0.15, 0.2) is 0 Å². The van der Waals surface area contributed by atoms with Crippen molar-refractivity contribution in [3.63, 3.8) is 0 Å². The minimum absolute atomic E-state index is 0.0520. The van der Waals surface area contributed by atoms with Crippen molar-refractivity contribution in [1.29, 1.82) is 0 Å². The molecule has 1 heterocycles. The maximum Gasteiger partial charge on any atom is 0.254 e. The van der Waals surface area contributed by atoms with E-state index >= 15 is 0 Å². The molecular weight excluding hydrogens is 488 g/mol. The molecule has 1 aliphatic carbocycles. The van der Waals surface area contributed by atoms with E-state index in [9.17, 15) is 9.59 Å². The lowest BCUT2D eigenvalue weighted by atomic mass is 10.1. The van der Waals surface area contributed by atoms with Gasteiger partial charge in [0, 0.05) is 34.1 Å². The van der Waals surface area contributed by atoms with Gasteiger partial charge in [-0.2, -0.15) is 0 Å². The molecule has 1 saturated carbocycles. The van der Waals surface area contributed by atoms with Crippen LogP contribution in [0.1, 0.15) is 28.8 Å². The molecule has 3 aromatic carbocycles. The lowest BCUT2D eigenvalue weighted by Gasteiger charge is -2.22. The maximum atomic E-state index is 13.3. The molecule has 188 valence electrons. The fourth-order valence-corrected chi connectivity index (χ4v) is 4.33. The molecule has 1 N–H and O–H groups in total. The normalized spacial score (nSPS) is 12.7. The zero-order valence-electron chi connectivity index (χ0n) is 20.6. The number of aromatic nitrogens is 2. The van der Waals surface area contributed by atoms with Crippen LogP contribution in [0.5, 0.6) is 5.75 Å². The number of anilines is 1. The van der Waals surface area contributed by atoms with E-state index in [0.717, 1.165) is 35.4 Å². The van der Waals surface area contributed by atoms with E-state index in [2.05, 4.69) is 5.32 Å². The number of aryl methyl sites for hydroxylation is 1. The summed E-state index contributed by atoms with van der Waals surface area (Å²) in [4.78, 5) is 32.9. The van der Waals surface area contributed by atoms with Gasteiger partial charge in [0.2, 0.25) is 11.9 Å². The van der Waals surface area contributed by atoms with Crippen LogP contribution in [0.15, 0.2) is 79.0 Å². The molecule has 1 aromatic heterocycles. The summed E-state index contributed by atoms with van der Waals surface area (Å²) in [6, 6.07) is 22.4. The van der Waals surface area contributed by atoms with Gasteiger partial charge in [0.05, 0.1) is 12.8 Å². The molecule has 37 heavy (non-hydrogen) atoms. The number of hydrogen-bond donors (Lipinski definition) is 1. The van der Waals surface area contributed by atoms with Gasteiger partial charge >= 0.3 is 0 Å². The fourth-order valence-electron chi connectivity index (χ4n) is 4.21. The molecule has 0 spiro atoms. The van der Waals surface area contributed by atoms with Gasteiger partial charge in [-0.15, -0.1) is 0 Å². The number of nitrogens with zero attached hydrogens (tertiary/aromatic N) is 3. The topological polar surface area (TPSA) is 76.5 Å². The van der Waals surface area contributed by atoms with E-state index in [4.69, 9.17) is 21.3 Å². The van der Waals surface area contributed by atoms with Crippen LogP contribution in [0.4, 0.5) is 5.95 Å². The Balaban J connectivity index is 1.42. The summed E-state index contributed by atoms with van der Waals surface area (Å²) < 4.78 is 7.09. The summed E-state index contributed by atoms with van der Waals surface area (Å²) in [6.45, 7) is 1.85. The third-order valence-electron chi connectivity index (χ3n) is 6.39. The third-order valence-corrected chi connectivity index (χ3v) is 6.64. The second-order valence-corrected chi connectivity index (χ2v) is 9.49. The summed E-state index contributed by atoms with van der Waals surface area (Å²) in [5.74, 6) is 0.648. The highest BCUT2D eigenvalue weighted by atomic mass is 35.5. The summed E-state index contributed by atoms with van der Waals surface area (Å²) in [5, 5.41) is 3.56. The highest BCUT2D eigenvalue weighted by molar-refractivity contribution is 6.30. The molecule has 1 aliphatic rings. The summed E-state index contributed by atoms with van der Waals surface area (Å²) in [6.07, 6.45) is 3.65. The van der Waals surface area contributed by atoms with Gasteiger partial charge < -0.3 is 9.64 Å². The Labute approximate surface area is 220 Å². The molecule has 4 aromatic rings. The number of hydrogen-bond acceptors (Lipinski definition) is 4. The fraction of sp³-hybridized carbons (Fsp3) is 0.207. The number of nitrogens with one attached hydrogen (secondary N) is 1. The quantitative estimate of drug-likeness (QED) is 0.324. The number of carbonyl (C=O) groups is 2. The molecule has 0 radical (unpaired) electrons. The zero-order valence-corrected chi connectivity index (χ0v) is 21.4. The lowest BCUT2D eigenvalue weighted by Crippen LogP contribution is -2.40. The average molecular weight is 515 g/mol. The Bertz CT molecular complexity index is 1430. The van der Waals surface area contributed by atoms with Gasteiger partial charge in [-0.25, -0.2) is 4.98 Å². The SMILES string of the molecule is COc1ccc(-n2cc(-c3ccc(Cl)cc3)nc2NC(=O)CN(C(=O)c2ccccc2C)C2CC2)cc1. The smallest absolute Gasteiger partial charge is 0.254 e. The number of imidazole rings is 1. The number of rotatable bonds is 8. The molecular formula is C29H27ClN4O3. The number of benzene rings is 3. The first-order chi connectivity index (χ1) is 17.9. The van der Waals surface area contributed by atoms with Crippen molar-refractivity contribution in [2.75, 3.05) is 19.0 Å². The molecule has 0 saturated heterocycles. The van der Waals surface area contributed by atoms with Gasteiger partial charge in [-0.05, 0) is 67.8 Å². The van der Waals surface area contributed by atoms with Gasteiger partial charge in [-0.3, -0.25) is 19.5 Å². The molecule has 0 bridgehead atoms. The Hall–Kier alpha value is -4.10. The first-order valence-electron chi connectivity index (χ1n) is 12.1. The van der Waals surface area contributed by atoms with E-state index in [0.29, 0.717) is 22.2 Å². The Morgan fingerprint density at radius 1 is 1.05 bits per heavy atom. The first-order valence-corrected chi connectivity index (χ1v) is 12.5. The van der Waals surface area contributed by atoms with Crippen molar-refractivity contribution in [3.05, 3.63) is 95.1 Å². The summed E-state index contributed by atoms with van der Waals surface area (Å²) >= 11 is 6.06. The van der Waals surface area contributed by atoms with E-state index in [1.165, 1.54) is 0 Å². The van der Waals surface area contributed by atoms with E-state index < -0.39 is 0 Å². The number of halogens is 1. The minimum Gasteiger partial charge on any atom is -0.497 e. The van der Waals surface area contributed by atoms with Crippen LogP contribution in [0.2, 0.25) is 5.02 Å².